The van der Waals surface area contributed by atoms with Gasteiger partial charge in [0.1, 0.15) is 14.1 Å². The first-order valence-electron chi connectivity index (χ1n) is 8.67. The Hall–Kier alpha value is -2.48. The lowest BCUT2D eigenvalue weighted by Gasteiger charge is -2.05. The van der Waals surface area contributed by atoms with Gasteiger partial charge in [-0.25, -0.2) is 0 Å². The van der Waals surface area contributed by atoms with Crippen molar-refractivity contribution < 1.29 is 9.13 Å². The number of hydrogen-bond acceptors (Lipinski definition) is 0. The highest BCUT2D eigenvalue weighted by molar-refractivity contribution is 5.16. The summed E-state index contributed by atoms with van der Waals surface area (Å²) in [5, 5.41) is 0. The van der Waals surface area contributed by atoms with E-state index in [-0.39, 0.29) is 0 Å². The van der Waals surface area contributed by atoms with Crippen LogP contribution in [0.5, 0.6) is 0 Å². The van der Waals surface area contributed by atoms with Crippen LogP contribution in [0.1, 0.15) is 22.5 Å². The Kier molecular flexibility index (Phi) is 5.37. The quantitative estimate of drug-likeness (QED) is 0.618. The third-order valence-electron chi connectivity index (χ3n) is 4.59. The van der Waals surface area contributed by atoms with Gasteiger partial charge in [0.2, 0.25) is 23.8 Å². The molecule has 0 N–H and O–H groups in total. The van der Waals surface area contributed by atoms with Gasteiger partial charge in [-0.1, -0.05) is 60.7 Å². The molecule has 0 aliphatic carbocycles. The van der Waals surface area contributed by atoms with Crippen molar-refractivity contribution in [3.05, 3.63) is 95.6 Å². The number of aryl methyl sites for hydroxylation is 5. The van der Waals surface area contributed by atoms with Crippen LogP contribution in [-0.2, 0) is 39.8 Å². The van der Waals surface area contributed by atoms with Gasteiger partial charge in [-0.3, -0.25) is 0 Å². The van der Waals surface area contributed by atoms with Gasteiger partial charge in [0.25, 0.3) is 0 Å². The van der Waals surface area contributed by atoms with Gasteiger partial charge in [0, 0.05) is 12.8 Å². The molecule has 2 aromatic carbocycles. The zero-order valence-electron chi connectivity index (χ0n) is 14.7. The molecule has 0 saturated heterocycles. The van der Waals surface area contributed by atoms with Crippen molar-refractivity contribution in [3.8, 4) is 0 Å². The van der Waals surface area contributed by atoms with Gasteiger partial charge in [0.15, 0.2) is 0 Å². The Bertz CT molecular complexity index is 715. The second-order valence-corrected chi connectivity index (χ2v) is 6.44. The monoisotopic (exact) mass is 318 g/mol. The van der Waals surface area contributed by atoms with Gasteiger partial charge in [-0.2, -0.15) is 9.13 Å². The molecule has 3 aromatic rings. The summed E-state index contributed by atoms with van der Waals surface area (Å²) < 4.78 is 4.56. The van der Waals surface area contributed by atoms with Crippen molar-refractivity contribution in [3.63, 3.8) is 0 Å². The molecule has 1 heterocycles. The molecule has 1 aromatic heterocycles. The van der Waals surface area contributed by atoms with Gasteiger partial charge in [-0.05, 0) is 24.0 Å². The van der Waals surface area contributed by atoms with Crippen LogP contribution in [0, 0.1) is 0 Å². The first-order valence-corrected chi connectivity index (χ1v) is 8.67. The van der Waals surface area contributed by atoms with E-state index >= 15 is 0 Å². The summed E-state index contributed by atoms with van der Waals surface area (Å²) in [5.41, 5.74) is 5.56. The summed E-state index contributed by atoms with van der Waals surface area (Å²) in [6, 6.07) is 21.5. The molecule has 24 heavy (non-hydrogen) atoms. The maximum Gasteiger partial charge on any atom is 0.245 e. The lowest BCUT2D eigenvalue weighted by molar-refractivity contribution is -0.737. The number of hydrogen-bond donors (Lipinski definition) is 0. The minimum atomic E-state index is 1.06. The van der Waals surface area contributed by atoms with Crippen LogP contribution in [-0.4, -0.2) is 0 Å². The molecule has 0 fully saturated rings. The van der Waals surface area contributed by atoms with Crippen molar-refractivity contribution in [2.24, 2.45) is 14.1 Å². The Labute approximate surface area is 145 Å². The van der Waals surface area contributed by atoms with E-state index in [2.05, 4.69) is 96.3 Å². The van der Waals surface area contributed by atoms with Crippen molar-refractivity contribution in [2.75, 3.05) is 0 Å². The third kappa shape index (κ3) is 4.29. The van der Waals surface area contributed by atoms with E-state index in [9.17, 15) is 0 Å². The fourth-order valence-electron chi connectivity index (χ4n) is 3.16. The molecule has 3 rings (SSSR count). The zero-order chi connectivity index (χ0) is 16.8. The van der Waals surface area contributed by atoms with Crippen LogP contribution in [0.2, 0.25) is 0 Å². The van der Waals surface area contributed by atoms with Crippen LogP contribution in [0.3, 0.4) is 0 Å². The second-order valence-electron chi connectivity index (χ2n) is 6.44. The van der Waals surface area contributed by atoms with Gasteiger partial charge >= 0.3 is 0 Å². The number of rotatable bonds is 6. The molecule has 0 atom stereocenters. The number of aromatic nitrogens is 2. The van der Waals surface area contributed by atoms with Crippen LogP contribution in [0.25, 0.3) is 0 Å². The molecule has 0 bridgehead atoms. The smallest absolute Gasteiger partial charge is 0.197 e. The Morgan fingerprint density at radius 3 is 1.42 bits per heavy atom. The molecular weight excluding hydrogens is 292 g/mol. The lowest BCUT2D eigenvalue weighted by atomic mass is 10.1. The summed E-state index contributed by atoms with van der Waals surface area (Å²) in [7, 11) is 4.32. The molecule has 0 aliphatic rings. The highest BCUT2D eigenvalue weighted by Crippen LogP contribution is 2.06. The minimum absolute atomic E-state index is 1.06. The van der Waals surface area contributed by atoms with Crippen LogP contribution < -0.4 is 9.13 Å². The van der Waals surface area contributed by atoms with E-state index < -0.39 is 0 Å². The standard InChI is InChI=1S/C22H26N2/c1-23-17-21(15-13-19-9-5-3-6-10-19)24(2)22(18-23)16-14-20-11-7-4-8-12-20/h3-12,17-18H,13-16H2,1-2H3/q+2. The van der Waals surface area contributed by atoms with Gasteiger partial charge < -0.3 is 0 Å². The molecule has 0 radical (unpaired) electrons. The summed E-state index contributed by atoms with van der Waals surface area (Å²) in [6.07, 6.45) is 8.78. The second kappa shape index (κ2) is 7.87. The van der Waals surface area contributed by atoms with Crippen molar-refractivity contribution >= 4 is 0 Å². The van der Waals surface area contributed by atoms with E-state index in [1.165, 1.54) is 22.5 Å². The molecule has 122 valence electrons. The predicted molar refractivity (Wildman–Crippen MR) is 96.5 cm³/mol. The highest BCUT2D eigenvalue weighted by atomic mass is 15.0. The first kappa shape index (κ1) is 16.4. The summed E-state index contributed by atoms with van der Waals surface area (Å²) in [6.45, 7) is 0. The van der Waals surface area contributed by atoms with Crippen molar-refractivity contribution in [1.29, 1.82) is 0 Å². The maximum atomic E-state index is 2.37. The SMILES string of the molecule is C[n+]1cc(CCc2ccccc2)[n+](C)c(CCc2ccccc2)c1. The normalized spacial score (nSPS) is 10.8. The summed E-state index contributed by atoms with van der Waals surface area (Å²) >= 11 is 0. The number of nitrogens with zero attached hydrogens (tertiary/aromatic N) is 2. The van der Waals surface area contributed by atoms with Crippen LogP contribution in [0.4, 0.5) is 0 Å². The van der Waals surface area contributed by atoms with E-state index in [0.29, 0.717) is 0 Å². The van der Waals surface area contributed by atoms with E-state index in [1.807, 2.05) is 0 Å². The fraction of sp³-hybridized carbons (Fsp3) is 0.273. The molecular formula is C22H26N2+2. The lowest BCUT2D eigenvalue weighted by Crippen LogP contribution is -2.45. The van der Waals surface area contributed by atoms with Crippen molar-refractivity contribution in [2.45, 2.75) is 25.7 Å². The first-order chi connectivity index (χ1) is 11.7. The molecule has 2 heteroatoms. The Morgan fingerprint density at radius 1 is 0.583 bits per heavy atom. The van der Waals surface area contributed by atoms with Crippen LogP contribution >= 0.6 is 0 Å². The molecule has 0 unspecified atom stereocenters. The highest BCUT2D eigenvalue weighted by Gasteiger charge is 2.19. The topological polar surface area (TPSA) is 7.76 Å². The molecule has 0 saturated carbocycles. The predicted octanol–water partition coefficient (Wildman–Crippen LogP) is 2.91. The van der Waals surface area contributed by atoms with Crippen LogP contribution in [0.15, 0.2) is 73.1 Å². The Balaban J connectivity index is 1.72. The zero-order valence-corrected chi connectivity index (χ0v) is 14.7. The number of benzene rings is 2. The van der Waals surface area contributed by atoms with Gasteiger partial charge in [0.05, 0.1) is 0 Å². The average Bonchev–Trinajstić information content (AvgIpc) is 2.62. The summed E-state index contributed by atoms with van der Waals surface area (Å²) in [4.78, 5) is 0. The van der Waals surface area contributed by atoms with Gasteiger partial charge in [-0.15, -0.1) is 0 Å². The molecule has 0 spiro atoms. The van der Waals surface area contributed by atoms with Crippen molar-refractivity contribution in [1.82, 2.24) is 0 Å². The maximum absolute atomic E-state index is 2.37. The van der Waals surface area contributed by atoms with E-state index in [4.69, 9.17) is 0 Å². The largest absolute Gasteiger partial charge is 0.245 e. The molecule has 0 aliphatic heterocycles. The van der Waals surface area contributed by atoms with E-state index in [1.54, 1.807) is 0 Å². The molecule has 0 amide bonds. The molecule has 2 nitrogen and oxygen atoms in total. The summed E-state index contributed by atoms with van der Waals surface area (Å²) in [5.74, 6) is 0. The fourth-order valence-corrected chi connectivity index (χ4v) is 3.16. The van der Waals surface area contributed by atoms with E-state index in [0.717, 1.165) is 25.7 Å². The third-order valence-corrected chi connectivity index (χ3v) is 4.59. The average molecular weight is 318 g/mol. The minimum Gasteiger partial charge on any atom is -0.197 e. The Morgan fingerprint density at radius 2 is 1.00 bits per heavy atom.